The first-order valence-electron chi connectivity index (χ1n) is 9.86. The van der Waals surface area contributed by atoms with Crippen molar-refractivity contribution in [3.8, 4) is 11.8 Å². The van der Waals surface area contributed by atoms with E-state index in [1.54, 1.807) is 6.07 Å². The normalized spacial score (nSPS) is 25.7. The monoisotopic (exact) mass is 357 g/mol. The van der Waals surface area contributed by atoms with Crippen LogP contribution in [0, 0.1) is 17.2 Å². The summed E-state index contributed by atoms with van der Waals surface area (Å²) >= 11 is 0. The molecule has 26 heavy (non-hydrogen) atoms. The van der Waals surface area contributed by atoms with Crippen molar-refractivity contribution in [2.45, 2.75) is 38.9 Å². The summed E-state index contributed by atoms with van der Waals surface area (Å²) in [6, 6.07) is 9.63. The van der Waals surface area contributed by atoms with Gasteiger partial charge in [0.05, 0.1) is 17.8 Å². The highest BCUT2D eigenvalue weighted by atomic mass is 16.5. The van der Waals surface area contributed by atoms with Gasteiger partial charge in [-0.25, -0.2) is 0 Å². The molecule has 1 aromatic rings. The maximum atomic E-state index is 9.11. The van der Waals surface area contributed by atoms with Crippen LogP contribution in [0.1, 0.15) is 32.3 Å². The van der Waals surface area contributed by atoms with E-state index in [2.05, 4.69) is 29.7 Å². The second-order valence-corrected chi connectivity index (χ2v) is 7.72. The Bertz CT molecular complexity index is 598. The lowest BCUT2D eigenvalue weighted by Gasteiger charge is -2.39. The number of morpholine rings is 1. The van der Waals surface area contributed by atoms with E-state index in [0.29, 0.717) is 30.1 Å². The van der Waals surface area contributed by atoms with Crippen molar-refractivity contribution >= 4 is 0 Å². The Morgan fingerprint density at radius 2 is 1.81 bits per heavy atom. The molecule has 0 bridgehead atoms. The molecule has 2 aliphatic heterocycles. The molecule has 2 atom stereocenters. The molecule has 3 rings (SSSR count). The molecule has 5 heteroatoms. The first kappa shape index (κ1) is 19.2. The highest BCUT2D eigenvalue weighted by molar-refractivity contribution is 5.42. The zero-order chi connectivity index (χ0) is 18.4. The SMILES string of the molecule is C[C@@H]1CN(CC2CCN(CCOc3ccccc3C#N)CC2)C[C@H](C)O1. The van der Waals surface area contributed by atoms with Gasteiger partial charge in [0, 0.05) is 26.2 Å². The molecule has 0 N–H and O–H groups in total. The molecule has 0 unspecified atom stereocenters. The number of ether oxygens (including phenoxy) is 2. The number of hydrogen-bond acceptors (Lipinski definition) is 5. The number of para-hydroxylation sites is 1. The van der Waals surface area contributed by atoms with Gasteiger partial charge in [0.2, 0.25) is 0 Å². The van der Waals surface area contributed by atoms with Gasteiger partial charge in [-0.3, -0.25) is 9.80 Å². The number of nitrogens with zero attached hydrogens (tertiary/aromatic N) is 3. The topological polar surface area (TPSA) is 48.7 Å². The molecule has 1 aromatic carbocycles. The fourth-order valence-corrected chi connectivity index (χ4v) is 4.16. The van der Waals surface area contributed by atoms with Crippen LogP contribution in [0.4, 0.5) is 0 Å². The van der Waals surface area contributed by atoms with Crippen molar-refractivity contribution in [1.29, 1.82) is 5.26 Å². The first-order valence-corrected chi connectivity index (χ1v) is 9.86. The van der Waals surface area contributed by atoms with Crippen LogP contribution in [0.3, 0.4) is 0 Å². The number of likely N-dealkylation sites (tertiary alicyclic amines) is 1. The van der Waals surface area contributed by atoms with E-state index in [4.69, 9.17) is 14.7 Å². The minimum absolute atomic E-state index is 0.354. The highest BCUT2D eigenvalue weighted by Gasteiger charge is 2.26. The van der Waals surface area contributed by atoms with Crippen LogP contribution in [0.2, 0.25) is 0 Å². The van der Waals surface area contributed by atoms with Gasteiger partial charge < -0.3 is 9.47 Å². The largest absolute Gasteiger partial charge is 0.491 e. The Labute approximate surface area is 157 Å². The third kappa shape index (κ3) is 5.44. The van der Waals surface area contributed by atoms with Gasteiger partial charge in [-0.1, -0.05) is 12.1 Å². The predicted molar refractivity (Wildman–Crippen MR) is 102 cm³/mol. The second-order valence-electron chi connectivity index (χ2n) is 7.72. The van der Waals surface area contributed by atoms with Crippen LogP contribution >= 0.6 is 0 Å². The Kier molecular flexibility index (Phi) is 6.90. The van der Waals surface area contributed by atoms with Crippen molar-refractivity contribution < 1.29 is 9.47 Å². The smallest absolute Gasteiger partial charge is 0.137 e. The van der Waals surface area contributed by atoms with Gasteiger partial charge in [0.25, 0.3) is 0 Å². The summed E-state index contributed by atoms with van der Waals surface area (Å²) < 4.78 is 11.7. The van der Waals surface area contributed by atoms with Crippen LogP contribution in [0.15, 0.2) is 24.3 Å². The van der Waals surface area contributed by atoms with Crippen molar-refractivity contribution in [3.05, 3.63) is 29.8 Å². The molecule has 0 saturated carbocycles. The first-order chi connectivity index (χ1) is 12.6. The van der Waals surface area contributed by atoms with Gasteiger partial charge in [0.15, 0.2) is 0 Å². The molecule has 0 aliphatic carbocycles. The lowest BCUT2D eigenvalue weighted by molar-refractivity contribution is -0.0732. The fraction of sp³-hybridized carbons (Fsp3) is 0.667. The number of rotatable bonds is 6. The Balaban J connectivity index is 1.36. The van der Waals surface area contributed by atoms with E-state index >= 15 is 0 Å². The zero-order valence-corrected chi connectivity index (χ0v) is 16.1. The van der Waals surface area contributed by atoms with Gasteiger partial charge in [-0.2, -0.15) is 5.26 Å². The molecule has 2 heterocycles. The van der Waals surface area contributed by atoms with Crippen molar-refractivity contribution in [2.24, 2.45) is 5.92 Å². The van der Waals surface area contributed by atoms with Gasteiger partial charge in [-0.15, -0.1) is 0 Å². The molecule has 0 amide bonds. The van der Waals surface area contributed by atoms with E-state index in [-0.39, 0.29) is 0 Å². The summed E-state index contributed by atoms with van der Waals surface area (Å²) in [5, 5.41) is 9.11. The van der Waals surface area contributed by atoms with Crippen molar-refractivity contribution in [3.63, 3.8) is 0 Å². The van der Waals surface area contributed by atoms with Crippen molar-refractivity contribution in [2.75, 3.05) is 45.9 Å². The summed E-state index contributed by atoms with van der Waals surface area (Å²) in [7, 11) is 0. The molecule has 5 nitrogen and oxygen atoms in total. The number of nitriles is 1. The predicted octanol–water partition coefficient (Wildman–Crippen LogP) is 2.76. The minimum atomic E-state index is 0.354. The molecule has 0 aromatic heterocycles. The number of hydrogen-bond donors (Lipinski definition) is 0. The maximum Gasteiger partial charge on any atom is 0.137 e. The Morgan fingerprint density at radius 1 is 1.12 bits per heavy atom. The van der Waals surface area contributed by atoms with Crippen LogP contribution in [0.5, 0.6) is 5.75 Å². The van der Waals surface area contributed by atoms with Crippen LogP contribution in [-0.4, -0.2) is 67.9 Å². The third-order valence-corrected chi connectivity index (χ3v) is 5.39. The number of piperidine rings is 1. The quantitative estimate of drug-likeness (QED) is 0.783. The summed E-state index contributed by atoms with van der Waals surface area (Å²) in [4.78, 5) is 5.07. The zero-order valence-electron chi connectivity index (χ0n) is 16.1. The molecule has 2 fully saturated rings. The van der Waals surface area contributed by atoms with Crippen LogP contribution in [-0.2, 0) is 4.74 Å². The standard InChI is InChI=1S/C21H31N3O2/c1-17-14-24(15-18(2)26-17)16-19-7-9-23(10-8-19)11-12-25-21-6-4-3-5-20(21)13-22/h3-6,17-19H,7-12,14-16H2,1-2H3/t17-,18+. The third-order valence-electron chi connectivity index (χ3n) is 5.39. The second kappa shape index (κ2) is 9.36. The Morgan fingerprint density at radius 3 is 2.50 bits per heavy atom. The van der Waals surface area contributed by atoms with Crippen molar-refractivity contribution in [1.82, 2.24) is 9.80 Å². The van der Waals surface area contributed by atoms with Crippen LogP contribution in [0.25, 0.3) is 0 Å². The lowest BCUT2D eigenvalue weighted by Crippen LogP contribution is -2.48. The molecule has 0 radical (unpaired) electrons. The molecular weight excluding hydrogens is 326 g/mol. The minimum Gasteiger partial charge on any atom is -0.491 e. The van der Waals surface area contributed by atoms with E-state index in [1.165, 1.54) is 19.4 Å². The summed E-state index contributed by atoms with van der Waals surface area (Å²) in [6.07, 6.45) is 3.23. The Hall–Kier alpha value is -1.61. The van der Waals surface area contributed by atoms with E-state index in [1.807, 2.05) is 18.2 Å². The molecule has 2 aliphatic rings. The van der Waals surface area contributed by atoms with E-state index < -0.39 is 0 Å². The maximum absolute atomic E-state index is 9.11. The number of benzene rings is 1. The van der Waals surface area contributed by atoms with E-state index in [9.17, 15) is 0 Å². The molecule has 2 saturated heterocycles. The molecular formula is C21H31N3O2. The average molecular weight is 357 g/mol. The van der Waals surface area contributed by atoms with E-state index in [0.717, 1.165) is 38.6 Å². The van der Waals surface area contributed by atoms with Gasteiger partial charge in [0.1, 0.15) is 18.4 Å². The van der Waals surface area contributed by atoms with Gasteiger partial charge >= 0.3 is 0 Å². The van der Waals surface area contributed by atoms with Crippen LogP contribution < -0.4 is 4.74 Å². The highest BCUT2D eigenvalue weighted by Crippen LogP contribution is 2.21. The summed E-state index contributed by atoms with van der Waals surface area (Å²) in [5.74, 6) is 1.49. The summed E-state index contributed by atoms with van der Waals surface area (Å²) in [6.45, 7) is 11.5. The van der Waals surface area contributed by atoms with Gasteiger partial charge in [-0.05, 0) is 57.8 Å². The average Bonchev–Trinajstić information content (AvgIpc) is 2.63. The fourth-order valence-electron chi connectivity index (χ4n) is 4.16. The summed E-state index contributed by atoms with van der Waals surface area (Å²) in [5.41, 5.74) is 0.611. The molecule has 0 spiro atoms. The lowest BCUT2D eigenvalue weighted by atomic mass is 9.95. The molecule has 142 valence electrons.